The summed E-state index contributed by atoms with van der Waals surface area (Å²) < 4.78 is 0. The van der Waals surface area contributed by atoms with E-state index in [0.29, 0.717) is 0 Å². The van der Waals surface area contributed by atoms with Crippen molar-refractivity contribution in [3.63, 3.8) is 0 Å². The van der Waals surface area contributed by atoms with Gasteiger partial charge in [0, 0.05) is 24.5 Å². The summed E-state index contributed by atoms with van der Waals surface area (Å²) in [6, 6.07) is 18.6. The number of nitrogens with zero attached hydrogens (tertiary/aromatic N) is 1. The topological polar surface area (TPSA) is 32.3 Å². The van der Waals surface area contributed by atoms with Crippen molar-refractivity contribution in [3.05, 3.63) is 81.5 Å². The molecule has 0 saturated heterocycles. The lowest BCUT2D eigenvalue weighted by molar-refractivity contribution is 0.103. The maximum atomic E-state index is 12.6. The van der Waals surface area contributed by atoms with E-state index < -0.39 is 0 Å². The zero-order valence-corrected chi connectivity index (χ0v) is 15.0. The fourth-order valence-electron chi connectivity index (χ4n) is 3.34. The molecule has 4 rings (SSSR count). The predicted molar refractivity (Wildman–Crippen MR) is 105 cm³/mol. The molecule has 1 aliphatic heterocycles. The third kappa shape index (κ3) is 3.17. The van der Waals surface area contributed by atoms with Crippen molar-refractivity contribution in [2.75, 3.05) is 16.8 Å². The largest absolute Gasteiger partial charge is 0.367 e. The Bertz CT molecular complexity index is 916. The normalized spacial score (nSPS) is 12.9. The molecular weight excluding hydrogens is 328 g/mol. The highest BCUT2D eigenvalue weighted by atomic mass is 32.1. The molecule has 1 aliphatic rings. The van der Waals surface area contributed by atoms with E-state index in [1.54, 1.807) is 0 Å². The number of benzene rings is 2. The lowest BCUT2D eigenvalue weighted by Crippen LogP contribution is -2.21. The Labute approximate surface area is 151 Å². The van der Waals surface area contributed by atoms with Gasteiger partial charge in [-0.05, 0) is 53.6 Å². The number of rotatable bonds is 4. The van der Waals surface area contributed by atoms with Gasteiger partial charge in [-0.3, -0.25) is 4.79 Å². The lowest BCUT2D eigenvalue weighted by Gasteiger charge is -2.21. The molecule has 0 saturated carbocycles. The fraction of sp³-hybridized carbons (Fsp3) is 0.190. The maximum absolute atomic E-state index is 12.6. The van der Waals surface area contributed by atoms with E-state index in [1.165, 1.54) is 22.6 Å². The second-order valence-electron chi connectivity index (χ2n) is 6.34. The molecule has 1 N–H and O–H groups in total. The van der Waals surface area contributed by atoms with Gasteiger partial charge in [0.25, 0.3) is 5.91 Å². The first-order chi connectivity index (χ1) is 12.2. The van der Waals surface area contributed by atoms with Crippen molar-refractivity contribution in [2.45, 2.75) is 19.9 Å². The Morgan fingerprint density at radius 3 is 2.76 bits per heavy atom. The predicted octanol–water partition coefficient (Wildman–Crippen LogP) is 4.87. The van der Waals surface area contributed by atoms with Crippen LogP contribution in [0.15, 0.2) is 60.0 Å². The highest BCUT2D eigenvalue weighted by Gasteiger charge is 2.20. The molecule has 1 amide bonds. The molecule has 0 bridgehead atoms. The number of hydrogen-bond donors (Lipinski definition) is 1. The Balaban J connectivity index is 1.56. The molecule has 3 nitrogen and oxygen atoms in total. The summed E-state index contributed by atoms with van der Waals surface area (Å²) in [5.41, 5.74) is 5.76. The first-order valence-corrected chi connectivity index (χ1v) is 9.36. The average Bonchev–Trinajstić information content (AvgIpc) is 3.23. The van der Waals surface area contributed by atoms with Crippen molar-refractivity contribution in [2.24, 2.45) is 0 Å². The molecule has 0 fully saturated rings. The van der Waals surface area contributed by atoms with E-state index in [1.807, 2.05) is 36.6 Å². The van der Waals surface area contributed by atoms with E-state index in [9.17, 15) is 4.79 Å². The van der Waals surface area contributed by atoms with Gasteiger partial charge in [0.2, 0.25) is 0 Å². The van der Waals surface area contributed by atoms with Crippen molar-refractivity contribution < 1.29 is 4.79 Å². The number of fused-ring (bicyclic) bond motifs is 1. The zero-order valence-electron chi connectivity index (χ0n) is 14.2. The SMILES string of the molecule is Cc1ccsc1C(=O)Nc1ccccc1CN1CCc2ccccc21. The molecule has 0 radical (unpaired) electrons. The summed E-state index contributed by atoms with van der Waals surface area (Å²) >= 11 is 1.48. The molecule has 4 heteroatoms. The lowest BCUT2D eigenvalue weighted by atomic mass is 10.1. The van der Waals surface area contributed by atoms with Crippen molar-refractivity contribution >= 4 is 28.6 Å². The van der Waals surface area contributed by atoms with Crippen LogP contribution >= 0.6 is 11.3 Å². The van der Waals surface area contributed by atoms with Gasteiger partial charge in [0.15, 0.2) is 0 Å². The number of amides is 1. The fourth-order valence-corrected chi connectivity index (χ4v) is 4.16. The molecule has 0 aliphatic carbocycles. The molecule has 0 unspecified atom stereocenters. The van der Waals surface area contributed by atoms with E-state index in [2.05, 4.69) is 40.5 Å². The minimum Gasteiger partial charge on any atom is -0.367 e. The Morgan fingerprint density at radius 1 is 1.12 bits per heavy atom. The van der Waals surface area contributed by atoms with E-state index in [-0.39, 0.29) is 5.91 Å². The van der Waals surface area contributed by atoms with Crippen molar-refractivity contribution in [1.82, 2.24) is 0 Å². The summed E-state index contributed by atoms with van der Waals surface area (Å²) in [5, 5.41) is 5.05. The number of nitrogens with one attached hydrogen (secondary N) is 1. The van der Waals surface area contributed by atoms with Gasteiger partial charge in [-0.15, -0.1) is 11.3 Å². The summed E-state index contributed by atoms with van der Waals surface area (Å²) in [4.78, 5) is 15.7. The molecule has 0 atom stereocenters. The smallest absolute Gasteiger partial charge is 0.266 e. The number of aryl methyl sites for hydroxylation is 1. The monoisotopic (exact) mass is 348 g/mol. The molecule has 25 heavy (non-hydrogen) atoms. The van der Waals surface area contributed by atoms with Crippen LogP contribution in [0.25, 0.3) is 0 Å². The molecule has 3 aromatic rings. The van der Waals surface area contributed by atoms with Crippen LogP contribution < -0.4 is 10.2 Å². The van der Waals surface area contributed by atoms with Gasteiger partial charge < -0.3 is 10.2 Å². The quantitative estimate of drug-likeness (QED) is 0.729. The van der Waals surface area contributed by atoms with Crippen molar-refractivity contribution in [3.8, 4) is 0 Å². The van der Waals surface area contributed by atoms with Gasteiger partial charge >= 0.3 is 0 Å². The number of carbonyl (C=O) groups excluding carboxylic acids is 1. The van der Waals surface area contributed by atoms with Crippen LogP contribution in [0.3, 0.4) is 0 Å². The van der Waals surface area contributed by atoms with E-state index in [4.69, 9.17) is 0 Å². The van der Waals surface area contributed by atoms with Gasteiger partial charge in [-0.1, -0.05) is 36.4 Å². The number of para-hydroxylation sites is 2. The second kappa shape index (κ2) is 6.73. The van der Waals surface area contributed by atoms with Crippen LogP contribution in [0, 0.1) is 6.92 Å². The standard InChI is InChI=1S/C21H20N2OS/c1-15-11-13-25-20(15)21(24)22-18-8-4-2-7-17(18)14-23-12-10-16-6-3-5-9-19(16)23/h2-9,11,13H,10,12,14H2,1H3,(H,22,24). The Morgan fingerprint density at radius 2 is 1.92 bits per heavy atom. The highest BCUT2D eigenvalue weighted by Crippen LogP contribution is 2.30. The first kappa shape index (κ1) is 15.9. The zero-order chi connectivity index (χ0) is 17.2. The minimum absolute atomic E-state index is 0.0261. The van der Waals surface area contributed by atoms with Crippen molar-refractivity contribution in [1.29, 1.82) is 0 Å². The van der Waals surface area contributed by atoms with Crippen LogP contribution in [0.4, 0.5) is 11.4 Å². The minimum atomic E-state index is -0.0261. The van der Waals surface area contributed by atoms with Gasteiger partial charge in [0.05, 0.1) is 4.88 Å². The van der Waals surface area contributed by atoms with Crippen LogP contribution in [-0.4, -0.2) is 12.5 Å². The average molecular weight is 348 g/mol. The molecule has 2 heterocycles. The molecule has 1 aromatic heterocycles. The number of anilines is 2. The summed E-state index contributed by atoms with van der Waals surface area (Å²) in [6.07, 6.45) is 1.08. The van der Waals surface area contributed by atoms with Crippen LogP contribution in [0.2, 0.25) is 0 Å². The number of carbonyl (C=O) groups is 1. The van der Waals surface area contributed by atoms with Gasteiger partial charge in [0.1, 0.15) is 0 Å². The maximum Gasteiger partial charge on any atom is 0.266 e. The van der Waals surface area contributed by atoms with E-state index >= 15 is 0 Å². The molecular formula is C21H20N2OS. The third-order valence-electron chi connectivity index (χ3n) is 4.68. The Hall–Kier alpha value is -2.59. The van der Waals surface area contributed by atoms with Gasteiger partial charge in [-0.25, -0.2) is 0 Å². The van der Waals surface area contributed by atoms with Crippen LogP contribution in [-0.2, 0) is 13.0 Å². The first-order valence-electron chi connectivity index (χ1n) is 8.48. The summed E-state index contributed by atoms with van der Waals surface area (Å²) in [5.74, 6) is -0.0261. The number of hydrogen-bond acceptors (Lipinski definition) is 3. The second-order valence-corrected chi connectivity index (χ2v) is 7.26. The highest BCUT2D eigenvalue weighted by molar-refractivity contribution is 7.12. The summed E-state index contributed by atoms with van der Waals surface area (Å²) in [7, 11) is 0. The molecule has 0 spiro atoms. The molecule has 126 valence electrons. The molecule has 2 aromatic carbocycles. The third-order valence-corrected chi connectivity index (χ3v) is 5.69. The Kier molecular flexibility index (Phi) is 4.28. The van der Waals surface area contributed by atoms with Crippen LogP contribution in [0.1, 0.15) is 26.4 Å². The number of thiophene rings is 1. The summed E-state index contributed by atoms with van der Waals surface area (Å²) in [6.45, 7) is 3.79. The van der Waals surface area contributed by atoms with Crippen LogP contribution in [0.5, 0.6) is 0 Å². The van der Waals surface area contributed by atoms with Gasteiger partial charge in [-0.2, -0.15) is 0 Å². The van der Waals surface area contributed by atoms with E-state index in [0.717, 1.165) is 41.2 Å².